The van der Waals surface area contributed by atoms with Crippen molar-refractivity contribution >= 4 is 17.4 Å². The third-order valence-corrected chi connectivity index (χ3v) is 7.54. The van der Waals surface area contributed by atoms with Crippen LogP contribution in [0.4, 0.5) is 10.5 Å². The molecule has 2 heterocycles. The monoisotopic (exact) mass is 606 g/mol. The second-order valence-corrected chi connectivity index (χ2v) is 12.0. The fourth-order valence-corrected chi connectivity index (χ4v) is 5.16. The number of amides is 1. The molecule has 0 fully saturated rings. The number of anilines is 1. The number of carbonyl (C=O) groups excluding carboxylic acids is 1. The highest BCUT2D eigenvalue weighted by molar-refractivity contribution is 5.75. The van der Waals surface area contributed by atoms with Gasteiger partial charge in [0.1, 0.15) is 18.8 Å². The van der Waals surface area contributed by atoms with Crippen LogP contribution in [0.2, 0.25) is 0 Å². The lowest BCUT2D eigenvalue weighted by Gasteiger charge is -2.30. The molecule has 0 saturated carbocycles. The molecule has 5 rings (SSSR count). The average Bonchev–Trinajstić information content (AvgIpc) is 3.06. The molecule has 0 saturated heterocycles. The maximum Gasteiger partial charge on any atom is 0.410 e. The second kappa shape index (κ2) is 14.3. The summed E-state index contributed by atoms with van der Waals surface area (Å²) in [5.74, 6) is 0.895. The molecule has 4 aromatic rings. The van der Waals surface area contributed by atoms with Crippen LogP contribution in [0.5, 0.6) is 11.8 Å². The van der Waals surface area contributed by atoms with Crippen LogP contribution in [-0.4, -0.2) is 41.7 Å². The van der Waals surface area contributed by atoms with E-state index < -0.39 is 11.6 Å². The topological polar surface area (TPSA) is 98.9 Å². The molecule has 3 N–H and O–H groups in total. The molecule has 1 amide bonds. The first-order chi connectivity index (χ1) is 21.7. The number of ether oxygens (including phenoxy) is 3. The van der Waals surface area contributed by atoms with Gasteiger partial charge < -0.3 is 30.2 Å². The van der Waals surface area contributed by atoms with Crippen LogP contribution < -0.4 is 20.5 Å². The van der Waals surface area contributed by atoms with Crippen molar-refractivity contribution in [1.82, 2.24) is 9.88 Å². The Morgan fingerprint density at radius 2 is 1.56 bits per heavy atom. The number of nitrogens with zero attached hydrogens (tertiary/aromatic N) is 2. The molecule has 0 bridgehead atoms. The first kappa shape index (κ1) is 31.6. The van der Waals surface area contributed by atoms with Gasteiger partial charge in [-0.2, -0.15) is 4.98 Å². The molecule has 234 valence electrons. The zero-order chi connectivity index (χ0) is 31.8. The summed E-state index contributed by atoms with van der Waals surface area (Å²) in [7, 11) is 1.89. The number of pyridine rings is 1. The fraction of sp³-hybridized carbons (Fsp3) is 0.297. The van der Waals surface area contributed by atoms with Gasteiger partial charge in [-0.05, 0) is 67.2 Å². The van der Waals surface area contributed by atoms with E-state index >= 15 is 0 Å². The molecule has 1 aromatic heterocycles. The van der Waals surface area contributed by atoms with Crippen LogP contribution in [0.25, 0.3) is 5.57 Å². The van der Waals surface area contributed by atoms with Gasteiger partial charge in [0.05, 0.1) is 6.04 Å². The molecule has 0 radical (unpaired) electrons. The molecule has 8 nitrogen and oxygen atoms in total. The first-order valence-corrected chi connectivity index (χ1v) is 15.3. The summed E-state index contributed by atoms with van der Waals surface area (Å²) >= 11 is 0. The minimum absolute atomic E-state index is 0.287. The minimum Gasteiger partial charge on any atom is -0.473 e. The van der Waals surface area contributed by atoms with Gasteiger partial charge >= 0.3 is 6.09 Å². The number of hydrogen-bond acceptors (Lipinski definition) is 7. The van der Waals surface area contributed by atoms with Crippen LogP contribution in [0.1, 0.15) is 61.1 Å². The lowest BCUT2D eigenvalue weighted by molar-refractivity contribution is 0.0270. The number of benzene rings is 3. The Kier molecular flexibility index (Phi) is 10.0. The smallest absolute Gasteiger partial charge is 0.410 e. The molecular weight excluding hydrogens is 564 g/mol. The molecule has 8 heteroatoms. The van der Waals surface area contributed by atoms with Gasteiger partial charge in [0, 0.05) is 37.5 Å². The van der Waals surface area contributed by atoms with Crippen molar-refractivity contribution < 1.29 is 19.0 Å². The molecule has 1 unspecified atom stereocenters. The Bertz CT molecular complexity index is 1620. The highest BCUT2D eigenvalue weighted by Gasteiger charge is 2.25. The zero-order valence-corrected chi connectivity index (χ0v) is 26.5. The molecule has 1 atom stereocenters. The fourth-order valence-electron chi connectivity index (χ4n) is 5.16. The van der Waals surface area contributed by atoms with Crippen LogP contribution in [-0.2, 0) is 18.0 Å². The van der Waals surface area contributed by atoms with E-state index in [2.05, 4.69) is 23.5 Å². The Morgan fingerprint density at radius 1 is 0.911 bits per heavy atom. The maximum atomic E-state index is 12.5. The quantitative estimate of drug-likeness (QED) is 0.195. The molecule has 0 spiro atoms. The van der Waals surface area contributed by atoms with Crippen molar-refractivity contribution in [3.8, 4) is 11.8 Å². The summed E-state index contributed by atoms with van der Waals surface area (Å²) < 4.78 is 17.8. The molecule has 1 aliphatic rings. The number of nitrogens with one attached hydrogen (secondary N) is 1. The van der Waals surface area contributed by atoms with Crippen molar-refractivity contribution in [2.75, 3.05) is 25.5 Å². The van der Waals surface area contributed by atoms with E-state index in [4.69, 9.17) is 24.9 Å². The molecule has 3 aromatic carbocycles. The zero-order valence-electron chi connectivity index (χ0n) is 26.5. The van der Waals surface area contributed by atoms with Crippen molar-refractivity contribution in [3.63, 3.8) is 0 Å². The van der Waals surface area contributed by atoms with Crippen molar-refractivity contribution in [1.29, 1.82) is 0 Å². The van der Waals surface area contributed by atoms with Crippen LogP contribution in [0.15, 0.2) is 97.1 Å². The van der Waals surface area contributed by atoms with E-state index in [1.807, 2.05) is 107 Å². The molecule has 45 heavy (non-hydrogen) atoms. The van der Waals surface area contributed by atoms with E-state index in [1.165, 1.54) is 5.57 Å². The highest BCUT2D eigenvalue weighted by atomic mass is 16.6. The van der Waals surface area contributed by atoms with Crippen molar-refractivity contribution in [3.05, 3.63) is 125 Å². The van der Waals surface area contributed by atoms with E-state index in [-0.39, 0.29) is 6.09 Å². The lowest BCUT2D eigenvalue weighted by atomic mass is 9.93. The SMILES string of the molecule is CNc1cc(C2=CCN(C(=O)OC(C)(C)C)CC2)ccc1C(N)c1ccc(OCc2ccccc2)nc1OCc1ccccc1. The number of nitrogens with two attached hydrogens (primary N) is 1. The summed E-state index contributed by atoms with van der Waals surface area (Å²) in [6.45, 7) is 7.49. The molecule has 1 aliphatic heterocycles. The number of aromatic nitrogens is 1. The Balaban J connectivity index is 1.36. The predicted molar refractivity (Wildman–Crippen MR) is 178 cm³/mol. The second-order valence-electron chi connectivity index (χ2n) is 12.0. The summed E-state index contributed by atoms with van der Waals surface area (Å²) in [5, 5.41) is 3.33. The highest BCUT2D eigenvalue weighted by Crippen LogP contribution is 2.35. The summed E-state index contributed by atoms with van der Waals surface area (Å²) in [6, 6.07) is 29.4. The van der Waals surface area contributed by atoms with Crippen molar-refractivity contribution in [2.24, 2.45) is 5.73 Å². The minimum atomic E-state index is -0.519. The number of hydrogen-bond donors (Lipinski definition) is 2. The molecular formula is C37H42N4O4. The van der Waals surface area contributed by atoms with Gasteiger partial charge in [-0.25, -0.2) is 4.79 Å². The van der Waals surface area contributed by atoms with Gasteiger partial charge in [0.15, 0.2) is 0 Å². The van der Waals surface area contributed by atoms with Gasteiger partial charge in [0.25, 0.3) is 0 Å². The van der Waals surface area contributed by atoms with E-state index in [0.717, 1.165) is 39.9 Å². The summed E-state index contributed by atoms with van der Waals surface area (Å²) in [6.07, 6.45) is 2.54. The Morgan fingerprint density at radius 3 is 2.16 bits per heavy atom. The van der Waals surface area contributed by atoms with Crippen LogP contribution in [0, 0.1) is 0 Å². The maximum absolute atomic E-state index is 12.5. The normalized spacial score (nSPS) is 13.9. The van der Waals surface area contributed by atoms with Gasteiger partial charge in [0.2, 0.25) is 11.8 Å². The Hall–Kier alpha value is -4.82. The van der Waals surface area contributed by atoms with Crippen LogP contribution >= 0.6 is 0 Å². The number of rotatable bonds is 10. The standard InChI is InChI=1S/C37H42N4O4/c1-37(2,3)45-36(42)41-21-19-28(20-22-41)29-15-16-30(32(23-29)39-4)34(38)31-17-18-33(43-24-26-11-7-5-8-12-26)40-35(31)44-25-27-13-9-6-10-14-27/h5-19,23,34,39H,20-22,24-25,38H2,1-4H3. The van der Waals surface area contributed by atoms with Crippen LogP contribution in [0.3, 0.4) is 0 Å². The lowest BCUT2D eigenvalue weighted by Crippen LogP contribution is -2.39. The van der Waals surface area contributed by atoms with E-state index in [1.54, 1.807) is 4.90 Å². The predicted octanol–water partition coefficient (Wildman–Crippen LogP) is 7.35. The van der Waals surface area contributed by atoms with E-state index in [9.17, 15) is 4.79 Å². The van der Waals surface area contributed by atoms with Gasteiger partial charge in [-0.3, -0.25) is 0 Å². The van der Waals surface area contributed by atoms with Gasteiger partial charge in [-0.1, -0.05) is 78.9 Å². The molecule has 0 aliphatic carbocycles. The third kappa shape index (κ3) is 8.42. The first-order valence-electron chi connectivity index (χ1n) is 15.3. The average molecular weight is 607 g/mol. The number of carbonyl (C=O) groups is 1. The largest absolute Gasteiger partial charge is 0.473 e. The summed E-state index contributed by atoms with van der Waals surface area (Å²) in [5.41, 5.74) is 13.3. The third-order valence-electron chi connectivity index (χ3n) is 7.54. The Labute approximate surface area is 265 Å². The van der Waals surface area contributed by atoms with Crippen molar-refractivity contribution in [2.45, 2.75) is 52.0 Å². The van der Waals surface area contributed by atoms with E-state index in [0.29, 0.717) is 38.1 Å². The van der Waals surface area contributed by atoms with Gasteiger partial charge in [-0.15, -0.1) is 0 Å². The summed E-state index contributed by atoms with van der Waals surface area (Å²) in [4.78, 5) is 19.0.